The average Bonchev–Trinajstić information content (AvgIpc) is 2.87. The van der Waals surface area contributed by atoms with Gasteiger partial charge in [0.1, 0.15) is 0 Å². The summed E-state index contributed by atoms with van der Waals surface area (Å²) in [7, 11) is 2.10. The van der Waals surface area contributed by atoms with Crippen molar-refractivity contribution in [2.75, 3.05) is 13.8 Å². The van der Waals surface area contributed by atoms with Gasteiger partial charge in [-0.3, -0.25) is 9.88 Å². The molecule has 4 heteroatoms. The van der Waals surface area contributed by atoms with E-state index in [-0.39, 0.29) is 0 Å². The highest BCUT2D eigenvalue weighted by atomic mass is 16.7. The Hall–Kier alpha value is -2.07. The van der Waals surface area contributed by atoms with Gasteiger partial charge in [0, 0.05) is 25.5 Å². The Morgan fingerprint density at radius 1 is 1.00 bits per heavy atom. The van der Waals surface area contributed by atoms with Crippen molar-refractivity contribution in [3.8, 4) is 11.5 Å². The molecule has 0 spiro atoms. The molecule has 0 saturated carbocycles. The quantitative estimate of drug-likeness (QED) is 0.841. The van der Waals surface area contributed by atoms with Crippen molar-refractivity contribution in [1.29, 1.82) is 0 Å². The number of aromatic nitrogens is 1. The summed E-state index contributed by atoms with van der Waals surface area (Å²) < 4.78 is 10.7. The molecule has 0 aliphatic carbocycles. The lowest BCUT2D eigenvalue weighted by Crippen LogP contribution is -2.17. The number of nitrogens with zero attached hydrogens (tertiary/aromatic N) is 2. The molecular weight excluding hydrogens is 240 g/mol. The summed E-state index contributed by atoms with van der Waals surface area (Å²) in [5.74, 6) is 1.68. The van der Waals surface area contributed by atoms with E-state index in [2.05, 4.69) is 23.0 Å². The zero-order valence-corrected chi connectivity index (χ0v) is 10.9. The second-order valence-electron chi connectivity index (χ2n) is 4.72. The van der Waals surface area contributed by atoms with E-state index in [1.807, 2.05) is 36.7 Å². The second kappa shape index (κ2) is 5.28. The number of pyridine rings is 1. The highest BCUT2D eigenvalue weighted by molar-refractivity contribution is 5.44. The molecular formula is C15H16N2O2. The first-order valence-corrected chi connectivity index (χ1v) is 6.27. The summed E-state index contributed by atoms with van der Waals surface area (Å²) in [5.41, 5.74) is 2.49. The zero-order valence-electron chi connectivity index (χ0n) is 10.9. The predicted octanol–water partition coefficient (Wildman–Crippen LogP) is 2.44. The fourth-order valence-electron chi connectivity index (χ4n) is 2.21. The molecule has 0 saturated heterocycles. The van der Waals surface area contributed by atoms with Gasteiger partial charge in [-0.2, -0.15) is 0 Å². The highest BCUT2D eigenvalue weighted by Crippen LogP contribution is 2.32. The van der Waals surface area contributed by atoms with Crippen LogP contribution in [0.3, 0.4) is 0 Å². The fraction of sp³-hybridized carbons (Fsp3) is 0.267. The Balaban J connectivity index is 1.65. The topological polar surface area (TPSA) is 34.6 Å². The Labute approximate surface area is 112 Å². The van der Waals surface area contributed by atoms with Gasteiger partial charge in [0.15, 0.2) is 11.5 Å². The highest BCUT2D eigenvalue weighted by Gasteiger charge is 2.13. The number of fused-ring (bicyclic) bond motifs is 1. The van der Waals surface area contributed by atoms with Crippen LogP contribution in [0.4, 0.5) is 0 Å². The molecule has 19 heavy (non-hydrogen) atoms. The molecule has 1 aliphatic heterocycles. The van der Waals surface area contributed by atoms with Gasteiger partial charge in [0.05, 0.1) is 0 Å². The normalized spacial score (nSPS) is 12.9. The Morgan fingerprint density at radius 2 is 1.74 bits per heavy atom. The van der Waals surface area contributed by atoms with Crippen LogP contribution in [0.25, 0.3) is 0 Å². The van der Waals surface area contributed by atoms with Crippen molar-refractivity contribution in [3.63, 3.8) is 0 Å². The maximum atomic E-state index is 5.39. The van der Waals surface area contributed by atoms with Crippen LogP contribution in [-0.4, -0.2) is 23.7 Å². The third kappa shape index (κ3) is 2.85. The van der Waals surface area contributed by atoms with Crippen molar-refractivity contribution in [2.45, 2.75) is 13.1 Å². The van der Waals surface area contributed by atoms with Gasteiger partial charge in [-0.05, 0) is 42.4 Å². The molecule has 0 fully saturated rings. The molecule has 1 aliphatic rings. The molecule has 0 amide bonds. The van der Waals surface area contributed by atoms with E-state index in [1.165, 1.54) is 11.1 Å². The van der Waals surface area contributed by atoms with Crippen LogP contribution < -0.4 is 9.47 Å². The summed E-state index contributed by atoms with van der Waals surface area (Å²) in [6.07, 6.45) is 3.65. The minimum Gasteiger partial charge on any atom is -0.454 e. The molecule has 1 aromatic carbocycles. The molecule has 3 rings (SSSR count). The Morgan fingerprint density at radius 3 is 2.58 bits per heavy atom. The molecule has 0 N–H and O–H groups in total. The first-order chi connectivity index (χ1) is 9.31. The molecule has 2 heterocycles. The monoisotopic (exact) mass is 256 g/mol. The van der Waals surface area contributed by atoms with Crippen LogP contribution in [0.2, 0.25) is 0 Å². The van der Waals surface area contributed by atoms with Crippen LogP contribution in [0, 0.1) is 0 Å². The van der Waals surface area contributed by atoms with Gasteiger partial charge >= 0.3 is 0 Å². The van der Waals surface area contributed by atoms with E-state index in [0.29, 0.717) is 6.79 Å². The largest absolute Gasteiger partial charge is 0.454 e. The van der Waals surface area contributed by atoms with E-state index in [0.717, 1.165) is 24.6 Å². The first-order valence-electron chi connectivity index (χ1n) is 6.27. The number of benzene rings is 1. The van der Waals surface area contributed by atoms with Crippen LogP contribution in [0.1, 0.15) is 11.1 Å². The number of hydrogen-bond acceptors (Lipinski definition) is 4. The lowest BCUT2D eigenvalue weighted by atomic mass is 10.2. The number of rotatable bonds is 4. The summed E-state index contributed by atoms with van der Waals surface area (Å²) >= 11 is 0. The lowest BCUT2D eigenvalue weighted by molar-refractivity contribution is 0.174. The van der Waals surface area contributed by atoms with E-state index in [4.69, 9.17) is 9.47 Å². The first kappa shape index (κ1) is 12.0. The number of hydrogen-bond donors (Lipinski definition) is 0. The van der Waals surface area contributed by atoms with Crippen molar-refractivity contribution < 1.29 is 9.47 Å². The van der Waals surface area contributed by atoms with Crippen molar-refractivity contribution in [1.82, 2.24) is 9.88 Å². The van der Waals surface area contributed by atoms with Crippen LogP contribution in [0.15, 0.2) is 42.7 Å². The summed E-state index contributed by atoms with van der Waals surface area (Å²) in [6, 6.07) is 10.2. The molecule has 4 nitrogen and oxygen atoms in total. The van der Waals surface area contributed by atoms with Crippen LogP contribution >= 0.6 is 0 Å². The van der Waals surface area contributed by atoms with Gasteiger partial charge in [-0.15, -0.1) is 0 Å². The van der Waals surface area contributed by atoms with Crippen LogP contribution in [0.5, 0.6) is 11.5 Å². The van der Waals surface area contributed by atoms with Crippen molar-refractivity contribution in [2.24, 2.45) is 0 Å². The molecule has 98 valence electrons. The van der Waals surface area contributed by atoms with Crippen molar-refractivity contribution in [3.05, 3.63) is 53.9 Å². The van der Waals surface area contributed by atoms with Gasteiger partial charge in [-0.25, -0.2) is 0 Å². The Bertz CT molecular complexity index is 557. The van der Waals surface area contributed by atoms with E-state index in [1.54, 1.807) is 0 Å². The molecule has 0 unspecified atom stereocenters. The van der Waals surface area contributed by atoms with E-state index >= 15 is 0 Å². The third-order valence-electron chi connectivity index (χ3n) is 3.09. The average molecular weight is 256 g/mol. The maximum Gasteiger partial charge on any atom is 0.231 e. The van der Waals surface area contributed by atoms with Gasteiger partial charge in [-0.1, -0.05) is 6.07 Å². The summed E-state index contributed by atoms with van der Waals surface area (Å²) in [5, 5.41) is 0. The minimum absolute atomic E-state index is 0.325. The lowest BCUT2D eigenvalue weighted by Gasteiger charge is -2.16. The molecule has 2 aromatic rings. The molecule has 0 radical (unpaired) electrons. The smallest absolute Gasteiger partial charge is 0.231 e. The molecule has 1 aromatic heterocycles. The standard InChI is InChI=1S/C15H16N2O2/c1-17(9-12-4-6-16-7-5-12)10-13-2-3-14-15(8-13)19-11-18-14/h2-8H,9-11H2,1H3. The SMILES string of the molecule is CN(Cc1ccncc1)Cc1ccc2c(c1)OCO2. The second-order valence-corrected chi connectivity index (χ2v) is 4.72. The summed E-state index contributed by atoms with van der Waals surface area (Å²) in [4.78, 5) is 6.28. The third-order valence-corrected chi connectivity index (χ3v) is 3.09. The summed E-state index contributed by atoms with van der Waals surface area (Å²) in [6.45, 7) is 2.10. The molecule has 0 atom stereocenters. The van der Waals surface area contributed by atoms with Gasteiger partial charge < -0.3 is 9.47 Å². The van der Waals surface area contributed by atoms with E-state index in [9.17, 15) is 0 Å². The van der Waals surface area contributed by atoms with E-state index < -0.39 is 0 Å². The van der Waals surface area contributed by atoms with Crippen molar-refractivity contribution >= 4 is 0 Å². The van der Waals surface area contributed by atoms with Gasteiger partial charge in [0.25, 0.3) is 0 Å². The molecule has 0 bridgehead atoms. The minimum atomic E-state index is 0.325. The predicted molar refractivity (Wildman–Crippen MR) is 72.0 cm³/mol. The fourth-order valence-corrected chi connectivity index (χ4v) is 2.21. The Kier molecular flexibility index (Phi) is 3.33. The number of ether oxygens (including phenoxy) is 2. The van der Waals surface area contributed by atoms with Gasteiger partial charge in [0.2, 0.25) is 6.79 Å². The zero-order chi connectivity index (χ0) is 13.1. The maximum absolute atomic E-state index is 5.39. The van der Waals surface area contributed by atoms with Crippen LogP contribution in [-0.2, 0) is 13.1 Å².